The van der Waals surface area contributed by atoms with E-state index in [4.69, 9.17) is 5.73 Å². The van der Waals surface area contributed by atoms with Gasteiger partial charge >= 0.3 is 0 Å². The number of hydrogen-bond donors (Lipinski definition) is 5. The third-order valence-electron chi connectivity index (χ3n) is 11.2. The van der Waals surface area contributed by atoms with Crippen molar-refractivity contribution >= 4 is 105 Å². The fraction of sp³-hybridized carbons (Fsp3) is 0.100. The zero-order valence-electron chi connectivity index (χ0n) is 43.8. The molecule has 0 aliphatic heterocycles. The Morgan fingerprint density at radius 2 is 0.900 bits per heavy atom. The summed E-state index contributed by atoms with van der Waals surface area (Å²) in [5, 5.41) is 16.2. The van der Waals surface area contributed by atoms with E-state index >= 15 is 0 Å². The summed E-state index contributed by atoms with van der Waals surface area (Å²) in [6.45, 7) is 8.44. The molecule has 20 heteroatoms. The smallest absolute Gasteiger partial charge is 0.188 e. The highest BCUT2D eigenvalue weighted by molar-refractivity contribution is 9.10. The average molecular weight is 1190 g/mol. The second-order valence-corrected chi connectivity index (χ2v) is 23.2. The summed E-state index contributed by atoms with van der Waals surface area (Å²) < 4.78 is 0.793. The first kappa shape index (κ1) is 56.2. The fourth-order valence-corrected chi connectivity index (χ4v) is 10.9. The van der Waals surface area contributed by atoms with Gasteiger partial charge in [-0.2, -0.15) is 0 Å². The first-order chi connectivity index (χ1) is 39.0. The second kappa shape index (κ2) is 27.9. The molecule has 12 aromatic rings. The Balaban J connectivity index is 0.000000129. The van der Waals surface area contributed by atoms with Crippen LogP contribution in [0.5, 0.6) is 0 Å². The molecule has 0 radical (unpaired) electrons. The Hall–Kier alpha value is -8.50. The predicted molar refractivity (Wildman–Crippen MR) is 334 cm³/mol. The minimum atomic E-state index is -0.145. The highest BCUT2D eigenvalue weighted by Gasteiger charge is 2.17. The molecule has 0 fully saturated rings. The van der Waals surface area contributed by atoms with Crippen molar-refractivity contribution in [1.82, 2.24) is 49.8 Å². The topological polar surface area (TPSA) is 203 Å². The van der Waals surface area contributed by atoms with E-state index in [1.165, 1.54) is 5.56 Å². The Kier molecular flexibility index (Phi) is 19.6. The maximum atomic E-state index is 6.25. The van der Waals surface area contributed by atoms with Gasteiger partial charge in [-0.1, -0.05) is 163 Å². The van der Waals surface area contributed by atoms with Crippen molar-refractivity contribution in [1.29, 1.82) is 0 Å². The molecular formula is C60H54BrN15S4. The van der Waals surface area contributed by atoms with Crippen LogP contribution in [0.1, 0.15) is 48.6 Å². The van der Waals surface area contributed by atoms with Crippen LogP contribution in [0.4, 0.5) is 43.8 Å². The van der Waals surface area contributed by atoms with Crippen molar-refractivity contribution in [2.45, 2.75) is 39.2 Å². The van der Waals surface area contributed by atoms with Crippen LogP contribution in [0.15, 0.2) is 218 Å². The first-order valence-corrected chi connectivity index (χ1v) is 29.1. The lowest BCUT2D eigenvalue weighted by Gasteiger charge is -2.18. The molecule has 0 saturated heterocycles. The molecule has 1 atom stereocenters. The number of hydrogen-bond acceptors (Lipinski definition) is 19. The number of halogens is 1. The van der Waals surface area contributed by atoms with E-state index in [0.29, 0.717) is 0 Å². The SMILES string of the molecule is Brc1cccc(Nc2ncc(-c3cccnc3)s2)n1.CC(C)(C)c1cccc(Nc2ncc(-c3cccnc3)s2)n1.Cc1cccc(Nc2ncc(-c3ccccc3)s2)n1.N[C@@H](c1ccccc1)c1cnc(Nc2ccccn2)s1. The van der Waals surface area contributed by atoms with Crippen LogP contribution in [-0.2, 0) is 5.41 Å². The van der Waals surface area contributed by atoms with Gasteiger partial charge in [-0.3, -0.25) is 9.97 Å². The van der Waals surface area contributed by atoms with Crippen molar-refractivity contribution < 1.29 is 0 Å². The standard InChI is InChI=1S/C17H18N4S.C15H14N4S.C15H13N3S.C13H9BrN4S/c1-17(2,3)14-7-4-8-15(20-14)21-16-19-11-13(22-16)12-6-5-9-18-10-12;16-14(11-6-2-1-3-7-11)12-10-18-15(20-12)19-13-8-4-5-9-17-13;1-11-6-5-9-14(17-11)18-15-16-10-13(19-15)12-7-3-2-4-8-12;14-11-4-1-5-12(17-11)18-13-16-8-10(19-13)9-3-2-6-15-7-9/h4-11H,1-3H3,(H,19,20,21);1-10,14H,16H2,(H,17,18,19);2-10H,1H3,(H,16,17,18);1-8H,(H,16,17,18)/t;14-;;/m.0../s1. The fourth-order valence-electron chi connectivity index (χ4n) is 7.22. The Bertz CT molecular complexity index is 3660. The van der Waals surface area contributed by atoms with Crippen molar-refractivity contribution in [3.63, 3.8) is 0 Å². The molecule has 2 aromatic carbocycles. The van der Waals surface area contributed by atoms with Crippen LogP contribution in [0.3, 0.4) is 0 Å². The van der Waals surface area contributed by atoms with Gasteiger partial charge < -0.3 is 27.0 Å². The van der Waals surface area contributed by atoms with Gasteiger partial charge in [0.15, 0.2) is 20.5 Å². The van der Waals surface area contributed by atoms with Crippen LogP contribution in [0, 0.1) is 6.92 Å². The quantitative estimate of drug-likeness (QED) is 0.0682. The number of aryl methyl sites for hydroxylation is 1. The molecule has 0 bridgehead atoms. The molecule has 10 heterocycles. The lowest BCUT2D eigenvalue weighted by Crippen LogP contribution is -2.13. The van der Waals surface area contributed by atoms with Gasteiger partial charge in [-0.05, 0) is 94.6 Å². The number of pyridine rings is 6. The normalized spacial score (nSPS) is 11.1. The third-order valence-corrected chi connectivity index (χ3v) is 15.5. The third kappa shape index (κ3) is 16.8. The summed E-state index contributed by atoms with van der Waals surface area (Å²) in [5.74, 6) is 3.19. The molecule has 0 saturated carbocycles. The molecule has 80 heavy (non-hydrogen) atoms. The molecule has 15 nitrogen and oxygen atoms in total. The Morgan fingerprint density at radius 1 is 0.425 bits per heavy atom. The summed E-state index contributed by atoms with van der Waals surface area (Å²) in [6.07, 6.45) is 16.3. The van der Waals surface area contributed by atoms with Gasteiger partial charge in [-0.15, -0.1) is 0 Å². The molecule has 0 unspecified atom stereocenters. The molecule has 400 valence electrons. The zero-order chi connectivity index (χ0) is 55.5. The van der Waals surface area contributed by atoms with E-state index in [9.17, 15) is 0 Å². The number of anilines is 8. The van der Waals surface area contributed by atoms with Gasteiger partial charge in [0.1, 0.15) is 27.9 Å². The van der Waals surface area contributed by atoms with Gasteiger partial charge in [0.05, 0.1) is 20.7 Å². The van der Waals surface area contributed by atoms with Crippen LogP contribution in [-0.4, -0.2) is 49.8 Å². The number of nitrogens with one attached hydrogen (secondary N) is 4. The summed E-state index contributed by atoms with van der Waals surface area (Å²) in [4.78, 5) is 47.7. The van der Waals surface area contributed by atoms with E-state index in [0.717, 1.165) is 96.0 Å². The molecule has 6 N–H and O–H groups in total. The minimum absolute atomic E-state index is 0.0292. The van der Waals surface area contributed by atoms with Gasteiger partial charge in [0.2, 0.25) is 0 Å². The van der Waals surface area contributed by atoms with E-state index in [-0.39, 0.29) is 11.5 Å². The second-order valence-electron chi connectivity index (χ2n) is 18.3. The average Bonchev–Trinajstić information content (AvgIpc) is 4.35. The summed E-state index contributed by atoms with van der Waals surface area (Å²) in [5.41, 5.74) is 12.7. The lowest BCUT2D eigenvalue weighted by molar-refractivity contribution is 0.570. The van der Waals surface area contributed by atoms with E-state index in [1.807, 2.05) is 190 Å². The number of thiazole rings is 4. The number of nitrogens with zero attached hydrogens (tertiary/aromatic N) is 10. The van der Waals surface area contributed by atoms with Crippen LogP contribution in [0.2, 0.25) is 0 Å². The predicted octanol–water partition coefficient (Wildman–Crippen LogP) is 16.3. The Labute approximate surface area is 488 Å². The maximum absolute atomic E-state index is 6.25. The van der Waals surface area contributed by atoms with Crippen LogP contribution < -0.4 is 27.0 Å². The highest BCUT2D eigenvalue weighted by Crippen LogP contribution is 2.34. The summed E-state index contributed by atoms with van der Waals surface area (Å²) >= 11 is 9.67. The Morgan fingerprint density at radius 3 is 1.44 bits per heavy atom. The van der Waals surface area contributed by atoms with E-state index in [2.05, 4.69) is 120 Å². The number of nitrogens with two attached hydrogens (primary N) is 1. The first-order valence-electron chi connectivity index (χ1n) is 25.0. The number of rotatable bonds is 13. The van der Waals surface area contributed by atoms with Crippen molar-refractivity contribution in [3.8, 4) is 31.3 Å². The monoisotopic (exact) mass is 1190 g/mol. The van der Waals surface area contributed by atoms with Gasteiger partial charge in [-0.25, -0.2) is 39.9 Å². The molecule has 12 rings (SSSR count). The number of benzene rings is 2. The van der Waals surface area contributed by atoms with Crippen molar-refractivity contribution in [2.75, 3.05) is 21.3 Å². The summed E-state index contributed by atoms with van der Waals surface area (Å²) in [6, 6.07) is 51.3. The summed E-state index contributed by atoms with van der Waals surface area (Å²) in [7, 11) is 0. The molecule has 0 spiro atoms. The zero-order valence-corrected chi connectivity index (χ0v) is 48.7. The molecule has 0 amide bonds. The van der Waals surface area contributed by atoms with Crippen molar-refractivity contribution in [3.05, 3.63) is 240 Å². The van der Waals surface area contributed by atoms with Gasteiger partial charge in [0, 0.05) is 88.6 Å². The minimum Gasteiger partial charge on any atom is -0.320 e. The molecule has 10 aromatic heterocycles. The van der Waals surface area contributed by atoms with E-state index < -0.39 is 0 Å². The van der Waals surface area contributed by atoms with Gasteiger partial charge in [0.25, 0.3) is 0 Å². The molecule has 0 aliphatic carbocycles. The maximum Gasteiger partial charge on any atom is 0.188 e. The molecule has 0 aliphatic rings. The van der Waals surface area contributed by atoms with Crippen LogP contribution in [0.25, 0.3) is 31.3 Å². The largest absolute Gasteiger partial charge is 0.320 e. The number of aromatic nitrogens is 10. The molecular weight excluding hydrogens is 1140 g/mol. The highest BCUT2D eigenvalue weighted by atomic mass is 79.9. The van der Waals surface area contributed by atoms with Crippen LogP contribution >= 0.6 is 61.3 Å². The lowest BCUT2D eigenvalue weighted by atomic mass is 9.92. The van der Waals surface area contributed by atoms with E-state index in [1.54, 1.807) is 63.9 Å². The van der Waals surface area contributed by atoms with Crippen molar-refractivity contribution in [2.24, 2.45) is 5.73 Å².